The highest BCUT2D eigenvalue weighted by Gasteiger charge is 2.57. The van der Waals surface area contributed by atoms with Crippen molar-refractivity contribution in [3.8, 4) is 0 Å². The summed E-state index contributed by atoms with van der Waals surface area (Å²) in [4.78, 5) is 11.8. The van der Waals surface area contributed by atoms with Gasteiger partial charge >= 0.3 is 12.1 Å². The molecule has 3 rings (SSSR count). The Morgan fingerprint density at radius 3 is 2.67 bits per heavy atom. The van der Waals surface area contributed by atoms with Gasteiger partial charge in [0.05, 0.1) is 24.9 Å². The van der Waals surface area contributed by atoms with E-state index in [9.17, 15) is 37.0 Å². The van der Waals surface area contributed by atoms with Gasteiger partial charge in [0.1, 0.15) is 6.61 Å². The molecule has 0 aliphatic heterocycles. The maximum Gasteiger partial charge on any atom is 0.455 e. The lowest BCUT2D eigenvalue weighted by atomic mass is 9.63. The predicted molar refractivity (Wildman–Crippen MR) is 124 cm³/mol. The lowest BCUT2D eigenvalue weighted by Crippen LogP contribution is -2.47. The zero-order chi connectivity index (χ0) is 26.9. The Bertz CT molecular complexity index is 954. The number of hydrogen-bond acceptors (Lipinski definition) is 4. The number of halogens is 5. The third-order valence-electron chi connectivity index (χ3n) is 7.70. The molecule has 36 heavy (non-hydrogen) atoms. The van der Waals surface area contributed by atoms with Crippen LogP contribution in [0.2, 0.25) is 0 Å². The zero-order valence-electron chi connectivity index (χ0n) is 20.5. The summed E-state index contributed by atoms with van der Waals surface area (Å²) in [6.07, 6.45) is 2.58. The second kappa shape index (κ2) is 10.8. The lowest BCUT2D eigenvalue weighted by molar-refractivity contribution is -0.278. The van der Waals surface area contributed by atoms with E-state index in [-0.39, 0.29) is 17.8 Å². The van der Waals surface area contributed by atoms with Gasteiger partial charge in [-0.15, -0.1) is 0 Å². The van der Waals surface area contributed by atoms with E-state index in [2.05, 4.69) is 19.6 Å². The molecule has 10 heteroatoms. The van der Waals surface area contributed by atoms with Gasteiger partial charge in [0.2, 0.25) is 5.91 Å². The number of carbonyl (C=O) groups excluding carboxylic acids is 1. The van der Waals surface area contributed by atoms with E-state index < -0.39 is 49.5 Å². The van der Waals surface area contributed by atoms with E-state index in [1.54, 1.807) is 12.2 Å². The summed E-state index contributed by atoms with van der Waals surface area (Å²) in [7, 11) is 0. The second-order valence-electron chi connectivity index (χ2n) is 10.2. The summed E-state index contributed by atoms with van der Waals surface area (Å²) < 4.78 is 68.4. The van der Waals surface area contributed by atoms with Gasteiger partial charge in [0, 0.05) is 6.42 Å². The van der Waals surface area contributed by atoms with E-state index in [1.165, 1.54) is 5.57 Å². The van der Waals surface area contributed by atoms with Gasteiger partial charge in [-0.25, -0.2) is 0 Å². The number of aliphatic hydroxyl groups excluding tert-OH is 2. The molecule has 0 bridgehead atoms. The lowest BCUT2D eigenvalue weighted by Gasteiger charge is -2.42. The van der Waals surface area contributed by atoms with Crippen LogP contribution in [0.5, 0.6) is 0 Å². The number of fused-ring (bicyclic) bond motifs is 1. The van der Waals surface area contributed by atoms with Crippen LogP contribution in [0.3, 0.4) is 0 Å². The van der Waals surface area contributed by atoms with E-state index >= 15 is 0 Å². The average Bonchev–Trinajstić information content (AvgIpc) is 3.14. The zero-order valence-corrected chi connectivity index (χ0v) is 20.5. The van der Waals surface area contributed by atoms with E-state index in [0.717, 1.165) is 36.8 Å². The van der Waals surface area contributed by atoms with Crippen molar-refractivity contribution >= 4 is 5.91 Å². The van der Waals surface area contributed by atoms with Crippen molar-refractivity contribution in [3.63, 3.8) is 0 Å². The molecular weight excluding hydrogens is 485 g/mol. The topological polar surface area (TPSA) is 78.8 Å². The Hall–Kier alpha value is -2.04. The number of alkyl halides is 5. The molecule has 1 amide bonds. The van der Waals surface area contributed by atoms with Crippen molar-refractivity contribution < 1.29 is 41.7 Å². The van der Waals surface area contributed by atoms with Crippen molar-refractivity contribution in [1.82, 2.24) is 5.32 Å². The maximum atomic E-state index is 13.0. The van der Waals surface area contributed by atoms with Gasteiger partial charge < -0.3 is 20.3 Å². The summed E-state index contributed by atoms with van der Waals surface area (Å²) >= 11 is 0. The first kappa shape index (κ1) is 28.5. The van der Waals surface area contributed by atoms with Crippen LogP contribution >= 0.6 is 0 Å². The van der Waals surface area contributed by atoms with Crippen LogP contribution in [0, 0.1) is 11.3 Å². The fourth-order valence-electron chi connectivity index (χ4n) is 5.60. The molecule has 0 aromatic carbocycles. The third-order valence-corrected chi connectivity index (χ3v) is 7.70. The molecular formula is C26H34F5NO4. The monoisotopic (exact) mass is 519 g/mol. The average molecular weight is 520 g/mol. The first-order chi connectivity index (χ1) is 16.7. The molecule has 2 fully saturated rings. The molecule has 0 aromatic rings. The van der Waals surface area contributed by atoms with Crippen molar-refractivity contribution in [2.75, 3.05) is 13.2 Å². The molecule has 0 heterocycles. The summed E-state index contributed by atoms with van der Waals surface area (Å²) in [5.41, 5.74) is 3.40. The molecule has 5 nitrogen and oxygen atoms in total. The minimum absolute atomic E-state index is 0.190. The Morgan fingerprint density at radius 1 is 1.31 bits per heavy atom. The Kier molecular flexibility index (Phi) is 8.52. The van der Waals surface area contributed by atoms with Gasteiger partial charge in [-0.3, -0.25) is 4.79 Å². The van der Waals surface area contributed by atoms with E-state index in [0.29, 0.717) is 12.0 Å². The molecule has 0 unspecified atom stereocenters. The van der Waals surface area contributed by atoms with Crippen LogP contribution in [0.1, 0.15) is 52.4 Å². The number of hydrogen-bond donors (Lipinski definition) is 3. The predicted octanol–water partition coefficient (Wildman–Crippen LogP) is 4.77. The molecule has 2 saturated carbocycles. The highest BCUT2D eigenvalue weighted by Crippen LogP contribution is 2.55. The van der Waals surface area contributed by atoms with Gasteiger partial charge in [-0.1, -0.05) is 37.3 Å². The van der Waals surface area contributed by atoms with Gasteiger partial charge in [0.25, 0.3) is 0 Å². The highest BCUT2D eigenvalue weighted by atomic mass is 19.4. The number of carbonyl (C=O) groups is 1. The quantitative estimate of drug-likeness (QED) is 0.335. The van der Waals surface area contributed by atoms with Crippen molar-refractivity contribution in [3.05, 3.63) is 47.1 Å². The minimum atomic E-state index is -5.74. The number of nitrogens with one attached hydrogen (secondary N) is 1. The van der Waals surface area contributed by atoms with Crippen molar-refractivity contribution in [1.29, 1.82) is 0 Å². The Balaban J connectivity index is 1.62. The first-order valence-corrected chi connectivity index (χ1v) is 12.1. The molecule has 5 atom stereocenters. The summed E-state index contributed by atoms with van der Waals surface area (Å²) in [6, 6.07) is 0. The van der Waals surface area contributed by atoms with Crippen LogP contribution in [-0.2, 0) is 9.53 Å². The van der Waals surface area contributed by atoms with E-state index in [4.69, 9.17) is 4.74 Å². The third kappa shape index (κ3) is 6.08. The maximum absolute atomic E-state index is 13.0. The van der Waals surface area contributed by atoms with E-state index in [1.807, 2.05) is 12.2 Å². The van der Waals surface area contributed by atoms with Crippen LogP contribution in [0.4, 0.5) is 22.0 Å². The number of rotatable bonds is 7. The normalized spacial score (nSPS) is 32.4. The SMILES string of the molecule is C=C1C(=CC=C2CCC[C@]3(C)C([C@H](C)OCC(=O)NCC(F)(F)C(F)(F)F)=CC[C@@H]23)C[C@@H](O)C[C@@H]1O. The Morgan fingerprint density at radius 2 is 2.00 bits per heavy atom. The van der Waals surface area contributed by atoms with Crippen molar-refractivity contribution in [2.45, 2.75) is 82.8 Å². The van der Waals surface area contributed by atoms with Crippen LogP contribution < -0.4 is 5.32 Å². The fraction of sp³-hybridized carbons (Fsp3) is 0.654. The Labute approximate surface area is 207 Å². The van der Waals surface area contributed by atoms with Crippen molar-refractivity contribution in [2.24, 2.45) is 11.3 Å². The summed E-state index contributed by atoms with van der Waals surface area (Å²) in [6.45, 7) is 5.34. The second-order valence-corrected chi connectivity index (χ2v) is 10.2. The standard InChI is InChI=1S/C26H34F5NO4/c1-15-18(11-19(33)12-22(15)34)7-6-17-5-4-10-24(3)20(8-9-21(17)24)16(2)36-13-23(35)32-14-25(27,28)26(29,30)31/h6-8,16,19,21-22,33-34H,1,4-5,9-14H2,2-3H3,(H,32,35)/t16-,19+,21-,22-,24+/m0/s1. The van der Waals surface area contributed by atoms with Gasteiger partial charge in [-0.05, 0) is 67.1 Å². The van der Waals surface area contributed by atoms with Crippen LogP contribution in [-0.4, -0.2) is 59.7 Å². The molecule has 0 radical (unpaired) electrons. The molecule has 3 aliphatic carbocycles. The molecule has 3 N–H and O–H groups in total. The first-order valence-electron chi connectivity index (χ1n) is 12.1. The summed E-state index contributed by atoms with van der Waals surface area (Å²) in [5, 5.41) is 21.7. The minimum Gasteiger partial charge on any atom is -0.393 e. The number of ether oxygens (including phenoxy) is 1. The highest BCUT2D eigenvalue weighted by molar-refractivity contribution is 5.77. The summed E-state index contributed by atoms with van der Waals surface area (Å²) in [5.74, 6) is -5.86. The number of amides is 1. The largest absolute Gasteiger partial charge is 0.455 e. The molecule has 3 aliphatic rings. The van der Waals surface area contributed by atoms with Crippen LogP contribution in [0.25, 0.3) is 0 Å². The van der Waals surface area contributed by atoms with Crippen LogP contribution in [0.15, 0.2) is 47.1 Å². The fourth-order valence-corrected chi connectivity index (χ4v) is 5.60. The van der Waals surface area contributed by atoms with Gasteiger partial charge in [0.15, 0.2) is 0 Å². The number of aliphatic hydroxyl groups is 2. The smallest absolute Gasteiger partial charge is 0.393 e. The molecule has 202 valence electrons. The molecule has 0 aromatic heterocycles. The number of allylic oxidation sites excluding steroid dienone is 4. The van der Waals surface area contributed by atoms with Gasteiger partial charge in [-0.2, -0.15) is 22.0 Å². The molecule has 0 spiro atoms. The molecule has 0 saturated heterocycles.